The molecule has 0 aromatic heterocycles. The minimum Gasteiger partial charge on any atom is -0.494 e. The number of aliphatic hydroxyl groups is 1. The second-order valence-corrected chi connectivity index (χ2v) is 12.0. The van der Waals surface area contributed by atoms with E-state index in [1.807, 2.05) is 105 Å². The maximum absolute atomic E-state index is 14.6. The Morgan fingerprint density at radius 1 is 0.938 bits per heavy atom. The number of hydrogen-bond acceptors (Lipinski definition) is 7. The molecule has 0 aliphatic carbocycles. The van der Waals surface area contributed by atoms with Crippen molar-refractivity contribution >= 4 is 11.8 Å². The predicted octanol–water partition coefficient (Wildman–Crippen LogP) is 6.49. The van der Waals surface area contributed by atoms with E-state index in [2.05, 4.69) is 32.4 Å². The van der Waals surface area contributed by atoms with Gasteiger partial charge in [-0.2, -0.15) is 0 Å². The largest absolute Gasteiger partial charge is 0.494 e. The number of ether oxygens (including phenoxy) is 2. The Bertz CT molecular complexity index is 1720. The van der Waals surface area contributed by atoms with E-state index >= 15 is 0 Å². The zero-order chi connectivity index (χ0) is 33.8. The van der Waals surface area contributed by atoms with Crippen LogP contribution in [-0.2, 0) is 22.5 Å². The van der Waals surface area contributed by atoms with Crippen molar-refractivity contribution in [2.24, 2.45) is 10.1 Å². The summed E-state index contributed by atoms with van der Waals surface area (Å²) in [6.45, 7) is 1.91. The second kappa shape index (κ2) is 16.6. The summed E-state index contributed by atoms with van der Waals surface area (Å²) in [5.41, 5.74) is 13.0. The van der Waals surface area contributed by atoms with Crippen molar-refractivity contribution in [3.63, 3.8) is 0 Å². The summed E-state index contributed by atoms with van der Waals surface area (Å²) in [6, 6.07) is 33.3. The van der Waals surface area contributed by atoms with Crippen molar-refractivity contribution in [2.75, 3.05) is 40.4 Å². The van der Waals surface area contributed by atoms with E-state index in [4.69, 9.17) is 25.1 Å². The van der Waals surface area contributed by atoms with Crippen LogP contribution >= 0.6 is 0 Å². The molecule has 2 N–H and O–H groups in total. The lowest BCUT2D eigenvalue weighted by Gasteiger charge is -2.31. The van der Waals surface area contributed by atoms with E-state index < -0.39 is 11.6 Å². The summed E-state index contributed by atoms with van der Waals surface area (Å²) in [4.78, 5) is 24.8. The number of benzene rings is 4. The highest BCUT2D eigenvalue weighted by Gasteiger charge is 2.53. The van der Waals surface area contributed by atoms with Crippen molar-refractivity contribution in [2.45, 2.75) is 37.5 Å². The van der Waals surface area contributed by atoms with Crippen LogP contribution < -0.4 is 10.1 Å². The molecule has 248 valence electrons. The average molecular weight is 647 g/mol. The molecule has 1 aliphatic rings. The fourth-order valence-corrected chi connectivity index (χ4v) is 5.80. The number of aliphatic imine (C=N–C) groups is 1. The first-order valence-electron chi connectivity index (χ1n) is 16.2. The normalized spacial score (nSPS) is 16.9. The lowest BCUT2D eigenvalue weighted by molar-refractivity contribution is -0.128. The van der Waals surface area contributed by atoms with Gasteiger partial charge in [-0.3, -0.25) is 4.79 Å². The molecule has 1 amide bonds. The van der Waals surface area contributed by atoms with E-state index in [0.29, 0.717) is 36.8 Å². The molecule has 5 rings (SSSR count). The number of carbonyl (C=O) groups excluding carboxylic acids is 1. The Hall–Kier alpha value is -5.15. The number of rotatable bonds is 16. The van der Waals surface area contributed by atoms with E-state index in [9.17, 15) is 4.79 Å². The molecule has 0 bridgehead atoms. The molecular weight excluding hydrogens is 604 g/mol. The monoisotopic (exact) mass is 646 g/mol. The molecule has 0 saturated carbocycles. The minimum atomic E-state index is -1.37. The molecule has 10 heteroatoms. The number of nitrogens with one attached hydrogen (secondary N) is 1. The first-order valence-corrected chi connectivity index (χ1v) is 16.2. The Kier molecular flexibility index (Phi) is 11.8. The van der Waals surface area contributed by atoms with E-state index in [-0.39, 0.29) is 25.5 Å². The molecule has 4 aromatic rings. The van der Waals surface area contributed by atoms with Gasteiger partial charge < -0.3 is 24.8 Å². The Morgan fingerprint density at radius 2 is 1.60 bits per heavy atom. The molecule has 1 heterocycles. The fraction of sp³-hybridized carbons (Fsp3) is 0.316. The molecule has 0 spiro atoms. The van der Waals surface area contributed by atoms with E-state index in [0.717, 1.165) is 40.8 Å². The Labute approximate surface area is 281 Å². The third-order valence-electron chi connectivity index (χ3n) is 8.30. The molecular formula is C38H42N6O4. The lowest BCUT2D eigenvalue weighted by Crippen LogP contribution is -2.50. The number of carbonyl (C=O) groups is 1. The number of nitrogens with zero attached hydrogens (tertiary/aromatic N) is 5. The minimum absolute atomic E-state index is 0.0573. The van der Waals surface area contributed by atoms with Crippen LogP contribution in [-0.4, -0.2) is 67.7 Å². The summed E-state index contributed by atoms with van der Waals surface area (Å²) in [5, 5.41) is 16.1. The van der Waals surface area contributed by atoms with Crippen LogP contribution in [0.1, 0.15) is 41.2 Å². The third-order valence-corrected chi connectivity index (χ3v) is 8.30. The summed E-state index contributed by atoms with van der Waals surface area (Å²) in [5.74, 6) is 0.775. The van der Waals surface area contributed by atoms with Crippen LogP contribution in [0.5, 0.6) is 5.75 Å². The van der Waals surface area contributed by atoms with Crippen molar-refractivity contribution in [1.29, 1.82) is 0 Å². The fourth-order valence-electron chi connectivity index (χ4n) is 5.80. The van der Waals surface area contributed by atoms with Crippen LogP contribution in [0.25, 0.3) is 21.6 Å². The van der Waals surface area contributed by atoms with Crippen LogP contribution in [0.3, 0.4) is 0 Å². The summed E-state index contributed by atoms with van der Waals surface area (Å²) in [7, 11) is 4.01. The van der Waals surface area contributed by atoms with Gasteiger partial charge in [0.15, 0.2) is 11.6 Å². The van der Waals surface area contributed by atoms with Crippen LogP contribution in [0.2, 0.25) is 0 Å². The molecule has 0 saturated heterocycles. The highest BCUT2D eigenvalue weighted by atomic mass is 16.5. The van der Waals surface area contributed by atoms with Crippen LogP contribution in [0, 0.1) is 0 Å². The van der Waals surface area contributed by atoms with Gasteiger partial charge in [0, 0.05) is 36.5 Å². The van der Waals surface area contributed by atoms with Crippen molar-refractivity contribution < 1.29 is 19.4 Å². The molecule has 48 heavy (non-hydrogen) atoms. The molecule has 0 radical (unpaired) electrons. The van der Waals surface area contributed by atoms with Gasteiger partial charge in [0.1, 0.15) is 5.75 Å². The maximum Gasteiger partial charge on any atom is 0.252 e. The third kappa shape index (κ3) is 8.41. The van der Waals surface area contributed by atoms with Gasteiger partial charge in [-0.15, -0.1) is 0 Å². The van der Waals surface area contributed by atoms with Crippen molar-refractivity contribution in [1.82, 2.24) is 10.2 Å². The average Bonchev–Trinajstić information content (AvgIpc) is 3.51. The first kappa shape index (κ1) is 34.2. The molecule has 10 nitrogen and oxygen atoms in total. The number of aliphatic hydroxyl groups excluding tert-OH is 1. The van der Waals surface area contributed by atoms with Gasteiger partial charge >= 0.3 is 0 Å². The Morgan fingerprint density at radius 3 is 2.29 bits per heavy atom. The lowest BCUT2D eigenvalue weighted by atomic mass is 9.80. The van der Waals surface area contributed by atoms with Crippen LogP contribution in [0.4, 0.5) is 0 Å². The SMILES string of the molecule is CN(C)CCCNC(=O)[C@]1(Cc2ccccc2CN=[N+]=[N-])N=C(c2ccc(OCCCO)cc2)O[C@@H]1c1ccc(-c2ccccc2)cc1. The van der Waals surface area contributed by atoms with Gasteiger partial charge in [0.2, 0.25) is 5.90 Å². The maximum atomic E-state index is 14.6. The molecule has 0 unspecified atom stereocenters. The first-order chi connectivity index (χ1) is 23.4. The highest BCUT2D eigenvalue weighted by Crippen LogP contribution is 2.43. The molecule has 0 fully saturated rings. The van der Waals surface area contributed by atoms with Crippen molar-refractivity contribution in [3.8, 4) is 16.9 Å². The van der Waals surface area contributed by atoms with Gasteiger partial charge in [-0.05, 0) is 84.7 Å². The zero-order valence-corrected chi connectivity index (χ0v) is 27.5. The van der Waals surface area contributed by atoms with Crippen LogP contribution in [0.15, 0.2) is 113 Å². The number of hydrogen-bond donors (Lipinski definition) is 2. The van der Waals surface area contributed by atoms with E-state index in [1.54, 1.807) is 0 Å². The molecule has 4 aromatic carbocycles. The Balaban J connectivity index is 1.58. The quantitative estimate of drug-likeness (QED) is 0.0622. The topological polar surface area (TPSA) is 132 Å². The second-order valence-electron chi connectivity index (χ2n) is 12.0. The smallest absolute Gasteiger partial charge is 0.252 e. The van der Waals surface area contributed by atoms with Gasteiger partial charge in [0.05, 0.1) is 13.2 Å². The molecule has 1 aliphatic heterocycles. The van der Waals surface area contributed by atoms with Gasteiger partial charge in [-0.1, -0.05) is 84.0 Å². The summed E-state index contributed by atoms with van der Waals surface area (Å²) >= 11 is 0. The summed E-state index contributed by atoms with van der Waals surface area (Å²) < 4.78 is 12.5. The van der Waals surface area contributed by atoms with Gasteiger partial charge in [0.25, 0.3) is 5.91 Å². The summed E-state index contributed by atoms with van der Waals surface area (Å²) in [6.07, 6.45) is 0.781. The van der Waals surface area contributed by atoms with Gasteiger partial charge in [-0.25, -0.2) is 4.99 Å². The molecule has 2 atom stereocenters. The zero-order valence-electron chi connectivity index (χ0n) is 27.5. The predicted molar refractivity (Wildman–Crippen MR) is 188 cm³/mol. The van der Waals surface area contributed by atoms with Crippen molar-refractivity contribution in [3.05, 3.63) is 136 Å². The standard InChI is InChI=1S/C38H42N6O4/c1-44(2)23-8-22-40-37(46)38(26-32-12-6-7-13-33(32)27-41-43-39)35(30-16-14-29(15-17-30)28-10-4-3-5-11-28)48-36(42-38)31-18-20-34(21-19-31)47-25-9-24-45/h3-7,10-21,35,45H,8-9,22-27H2,1-2H3,(H,40,46)/t35-,38-/m1/s1. The highest BCUT2D eigenvalue weighted by molar-refractivity contribution is 6.01. The van der Waals surface area contributed by atoms with E-state index in [1.165, 1.54) is 0 Å². The number of amides is 1. The number of azide groups is 1.